The minimum Gasteiger partial charge on any atom is -0.444 e. The molecule has 0 bridgehead atoms. The highest BCUT2D eigenvalue weighted by Crippen LogP contribution is 2.15. The topological polar surface area (TPSA) is 71.3 Å². The van der Waals surface area contributed by atoms with Crippen molar-refractivity contribution in [3.63, 3.8) is 0 Å². The molecule has 2 rings (SSSR count). The second-order valence-electron chi connectivity index (χ2n) is 4.78. The number of nitrogens with one attached hydrogen (secondary N) is 2. The predicted molar refractivity (Wildman–Crippen MR) is 94.3 cm³/mol. The van der Waals surface area contributed by atoms with Crippen molar-refractivity contribution in [3.8, 4) is 0 Å². The molecule has 8 heteroatoms. The van der Waals surface area contributed by atoms with E-state index in [1.165, 1.54) is 23.9 Å². The van der Waals surface area contributed by atoms with E-state index in [4.69, 9.17) is 4.42 Å². The van der Waals surface area contributed by atoms with Gasteiger partial charge in [-0.25, -0.2) is 4.39 Å². The monoisotopic (exact) mass is 414 g/mol. The zero-order valence-electron chi connectivity index (χ0n) is 12.7. The van der Waals surface area contributed by atoms with Gasteiger partial charge >= 0.3 is 0 Å². The van der Waals surface area contributed by atoms with Crippen molar-refractivity contribution in [1.82, 2.24) is 10.6 Å². The lowest BCUT2D eigenvalue weighted by Gasteiger charge is -2.06. The van der Waals surface area contributed by atoms with E-state index in [2.05, 4.69) is 26.6 Å². The number of carbonyl (C=O) groups excluding carboxylic acids is 2. The van der Waals surface area contributed by atoms with E-state index in [1.54, 1.807) is 24.3 Å². The molecule has 0 saturated heterocycles. The van der Waals surface area contributed by atoms with Crippen LogP contribution >= 0.6 is 27.7 Å². The van der Waals surface area contributed by atoms with Crippen LogP contribution in [-0.4, -0.2) is 30.7 Å². The zero-order chi connectivity index (χ0) is 17.4. The smallest absolute Gasteiger partial charge is 0.287 e. The third kappa shape index (κ3) is 6.01. The van der Waals surface area contributed by atoms with Gasteiger partial charge in [0.2, 0.25) is 5.91 Å². The molecule has 0 radical (unpaired) electrons. The van der Waals surface area contributed by atoms with Crippen LogP contribution in [0.5, 0.6) is 0 Å². The molecule has 0 saturated carbocycles. The first-order valence-corrected chi connectivity index (χ1v) is 9.12. The third-order valence-electron chi connectivity index (χ3n) is 2.99. The lowest BCUT2D eigenvalue weighted by Crippen LogP contribution is -2.37. The van der Waals surface area contributed by atoms with Gasteiger partial charge in [0.25, 0.3) is 5.91 Å². The Balaban J connectivity index is 1.58. The molecule has 2 amide bonds. The summed E-state index contributed by atoms with van der Waals surface area (Å²) in [6.07, 6.45) is 0. The molecule has 1 aromatic heterocycles. The molecule has 0 aliphatic rings. The molecule has 2 aromatic rings. The molecular formula is C16H16BrFN2O3S. The normalized spacial score (nSPS) is 10.4. The van der Waals surface area contributed by atoms with Gasteiger partial charge < -0.3 is 15.1 Å². The number of hydrogen-bond donors (Lipinski definition) is 2. The van der Waals surface area contributed by atoms with Gasteiger partial charge in [-0.1, -0.05) is 18.2 Å². The van der Waals surface area contributed by atoms with Crippen molar-refractivity contribution in [1.29, 1.82) is 0 Å². The van der Waals surface area contributed by atoms with Crippen molar-refractivity contribution in [3.05, 3.63) is 58.2 Å². The number of furan rings is 1. The molecule has 1 aromatic carbocycles. The first-order valence-electron chi connectivity index (χ1n) is 7.17. The molecule has 0 fully saturated rings. The van der Waals surface area contributed by atoms with Crippen LogP contribution in [0.1, 0.15) is 16.1 Å². The molecule has 1 heterocycles. The summed E-state index contributed by atoms with van der Waals surface area (Å²) in [5.74, 6) is 0.368. The standard InChI is InChI=1S/C16H16BrFN2O3S/c17-14-6-5-13(23-14)16(22)20-9-15(21)19-7-8-24-10-11-3-1-2-4-12(11)18/h1-6H,7-10H2,(H,19,21)(H,20,22). The molecule has 128 valence electrons. The second-order valence-corrected chi connectivity index (χ2v) is 6.67. The van der Waals surface area contributed by atoms with Crippen molar-refractivity contribution in [2.75, 3.05) is 18.8 Å². The van der Waals surface area contributed by atoms with Gasteiger partial charge in [0.15, 0.2) is 10.4 Å². The highest BCUT2D eigenvalue weighted by atomic mass is 79.9. The van der Waals surface area contributed by atoms with Gasteiger partial charge in [-0.2, -0.15) is 11.8 Å². The molecule has 0 aliphatic heterocycles. The number of carbonyl (C=O) groups is 2. The fraction of sp³-hybridized carbons (Fsp3) is 0.250. The average Bonchev–Trinajstić information content (AvgIpc) is 3.00. The van der Waals surface area contributed by atoms with E-state index < -0.39 is 5.91 Å². The summed E-state index contributed by atoms with van der Waals surface area (Å²) >= 11 is 4.62. The lowest BCUT2D eigenvalue weighted by molar-refractivity contribution is -0.120. The average molecular weight is 415 g/mol. The summed E-state index contributed by atoms with van der Waals surface area (Å²) in [5.41, 5.74) is 0.644. The number of thioether (sulfide) groups is 1. The van der Waals surface area contributed by atoms with Crippen molar-refractivity contribution < 1.29 is 18.4 Å². The Hall–Kier alpha value is -1.80. The van der Waals surface area contributed by atoms with E-state index in [-0.39, 0.29) is 24.0 Å². The Labute approximate surface area is 151 Å². The van der Waals surface area contributed by atoms with Gasteiger partial charge in [-0.05, 0) is 39.7 Å². The Morgan fingerprint density at radius 2 is 1.96 bits per heavy atom. The molecule has 0 atom stereocenters. The summed E-state index contributed by atoms with van der Waals surface area (Å²) < 4.78 is 18.9. The maximum absolute atomic E-state index is 13.4. The highest BCUT2D eigenvalue weighted by molar-refractivity contribution is 9.10. The maximum Gasteiger partial charge on any atom is 0.287 e. The van der Waals surface area contributed by atoms with Crippen LogP contribution in [-0.2, 0) is 10.5 Å². The SMILES string of the molecule is O=C(CNC(=O)c1ccc(Br)o1)NCCSCc1ccccc1F. The molecule has 24 heavy (non-hydrogen) atoms. The summed E-state index contributed by atoms with van der Waals surface area (Å²) in [6.45, 7) is 0.315. The lowest BCUT2D eigenvalue weighted by atomic mass is 10.2. The number of benzene rings is 1. The van der Waals surface area contributed by atoms with Crippen LogP contribution in [0.15, 0.2) is 45.5 Å². The van der Waals surface area contributed by atoms with Crippen LogP contribution in [0.25, 0.3) is 0 Å². The maximum atomic E-state index is 13.4. The summed E-state index contributed by atoms with van der Waals surface area (Å²) in [6, 6.07) is 9.72. The number of hydrogen-bond acceptors (Lipinski definition) is 4. The predicted octanol–water partition coefficient (Wildman–Crippen LogP) is 2.96. The minimum absolute atomic E-state index is 0.130. The quantitative estimate of drug-likeness (QED) is 0.651. The summed E-state index contributed by atoms with van der Waals surface area (Å²) in [4.78, 5) is 23.3. The molecule has 5 nitrogen and oxygen atoms in total. The Bertz CT molecular complexity index is 708. The van der Waals surface area contributed by atoms with Crippen LogP contribution in [0, 0.1) is 5.82 Å². The molecule has 0 spiro atoms. The largest absolute Gasteiger partial charge is 0.444 e. The number of rotatable bonds is 8. The van der Waals surface area contributed by atoms with E-state index in [0.29, 0.717) is 28.3 Å². The Kier molecular flexibility index (Phi) is 7.33. The van der Waals surface area contributed by atoms with Gasteiger partial charge in [0, 0.05) is 18.1 Å². The summed E-state index contributed by atoms with van der Waals surface area (Å²) in [7, 11) is 0. The zero-order valence-corrected chi connectivity index (χ0v) is 15.1. The van der Waals surface area contributed by atoms with E-state index in [0.717, 1.165) is 0 Å². The Morgan fingerprint density at radius 1 is 1.17 bits per heavy atom. The van der Waals surface area contributed by atoms with Crippen LogP contribution in [0.2, 0.25) is 0 Å². The van der Waals surface area contributed by atoms with E-state index in [1.807, 2.05) is 0 Å². The van der Waals surface area contributed by atoms with Crippen molar-refractivity contribution >= 4 is 39.5 Å². The number of halogens is 2. The first-order chi connectivity index (χ1) is 11.6. The first kappa shape index (κ1) is 18.5. The fourth-order valence-electron chi connectivity index (χ4n) is 1.81. The van der Waals surface area contributed by atoms with Crippen LogP contribution < -0.4 is 10.6 Å². The van der Waals surface area contributed by atoms with Crippen molar-refractivity contribution in [2.45, 2.75) is 5.75 Å². The second kappa shape index (κ2) is 9.48. The molecular weight excluding hydrogens is 399 g/mol. The van der Waals surface area contributed by atoms with Gasteiger partial charge in [-0.3, -0.25) is 9.59 Å². The van der Waals surface area contributed by atoms with Gasteiger partial charge in [-0.15, -0.1) is 0 Å². The van der Waals surface area contributed by atoms with Gasteiger partial charge in [0.1, 0.15) is 5.82 Å². The van der Waals surface area contributed by atoms with E-state index >= 15 is 0 Å². The fourth-order valence-corrected chi connectivity index (χ4v) is 2.96. The van der Waals surface area contributed by atoms with E-state index in [9.17, 15) is 14.0 Å². The molecule has 0 unspecified atom stereocenters. The number of amides is 2. The minimum atomic E-state index is -0.454. The van der Waals surface area contributed by atoms with Crippen LogP contribution in [0.3, 0.4) is 0 Å². The summed E-state index contributed by atoms with van der Waals surface area (Å²) in [5, 5.41) is 5.15. The van der Waals surface area contributed by atoms with Gasteiger partial charge in [0.05, 0.1) is 6.54 Å². The third-order valence-corrected chi connectivity index (χ3v) is 4.42. The highest BCUT2D eigenvalue weighted by Gasteiger charge is 2.11. The molecule has 0 aliphatic carbocycles. The molecule has 2 N–H and O–H groups in total. The Morgan fingerprint density at radius 3 is 2.67 bits per heavy atom. The van der Waals surface area contributed by atoms with Crippen LogP contribution in [0.4, 0.5) is 4.39 Å². The van der Waals surface area contributed by atoms with Crippen molar-refractivity contribution in [2.24, 2.45) is 0 Å².